The number of amides is 1. The van der Waals surface area contributed by atoms with E-state index in [9.17, 15) is 19.1 Å². The fourth-order valence-electron chi connectivity index (χ4n) is 4.38. The van der Waals surface area contributed by atoms with E-state index >= 15 is 0 Å². The highest BCUT2D eigenvalue weighted by Gasteiger charge is 2.46. The molecule has 3 aromatic rings. The van der Waals surface area contributed by atoms with E-state index in [1.165, 1.54) is 43.4 Å². The Morgan fingerprint density at radius 2 is 1.56 bits per heavy atom. The van der Waals surface area contributed by atoms with Crippen molar-refractivity contribution < 1.29 is 33.3 Å². The second-order valence-electron chi connectivity index (χ2n) is 8.18. The highest BCUT2D eigenvalue weighted by atomic mass is 19.1. The molecule has 1 heterocycles. The molecule has 1 amide bonds. The van der Waals surface area contributed by atoms with Gasteiger partial charge in [0.05, 0.1) is 32.9 Å². The molecule has 4 rings (SSSR count). The van der Waals surface area contributed by atoms with Crippen molar-refractivity contribution >= 4 is 17.4 Å². The lowest BCUT2D eigenvalue weighted by Crippen LogP contribution is -2.31. The number of hydrogen-bond donors (Lipinski definition) is 1. The molecule has 0 spiro atoms. The summed E-state index contributed by atoms with van der Waals surface area (Å²) < 4.78 is 29.6. The maximum absolute atomic E-state index is 13.5. The third-order valence-corrected chi connectivity index (χ3v) is 6.18. The minimum Gasteiger partial charge on any atom is -0.507 e. The number of carbonyl (C=O) groups excluding carboxylic acids is 2. The highest BCUT2D eigenvalue weighted by molar-refractivity contribution is 6.46. The Labute approximate surface area is 208 Å². The van der Waals surface area contributed by atoms with Gasteiger partial charge < -0.3 is 24.2 Å². The summed E-state index contributed by atoms with van der Waals surface area (Å²) in [5.41, 5.74) is 1.57. The Balaban J connectivity index is 1.77. The van der Waals surface area contributed by atoms with Crippen LogP contribution in [0, 0.1) is 5.82 Å². The first-order valence-electron chi connectivity index (χ1n) is 11.3. The molecule has 1 aliphatic heterocycles. The van der Waals surface area contributed by atoms with Crippen molar-refractivity contribution in [2.75, 3.05) is 27.9 Å². The van der Waals surface area contributed by atoms with Crippen LogP contribution in [0.4, 0.5) is 4.39 Å². The van der Waals surface area contributed by atoms with Gasteiger partial charge in [0, 0.05) is 17.7 Å². The fourth-order valence-corrected chi connectivity index (χ4v) is 4.38. The third kappa shape index (κ3) is 4.62. The van der Waals surface area contributed by atoms with Gasteiger partial charge in [0.1, 0.15) is 17.3 Å². The van der Waals surface area contributed by atoms with Gasteiger partial charge >= 0.3 is 0 Å². The number of hydrogen-bond acceptors (Lipinski definition) is 6. The number of aliphatic hydroxyl groups is 1. The SMILES string of the molecule is COc1ccc(CCN2C(=O)C(=O)C(=C(O)c3ccc(F)cc3)C2c2ccccc2OC)cc1OC. The van der Waals surface area contributed by atoms with Gasteiger partial charge in [0.2, 0.25) is 0 Å². The number of aliphatic hydroxyl groups excluding tert-OH is 1. The van der Waals surface area contributed by atoms with E-state index in [1.807, 2.05) is 12.1 Å². The minimum absolute atomic E-state index is 0.0802. The van der Waals surface area contributed by atoms with E-state index in [4.69, 9.17) is 14.2 Å². The smallest absolute Gasteiger partial charge is 0.295 e. The van der Waals surface area contributed by atoms with Gasteiger partial charge in [-0.2, -0.15) is 0 Å². The first-order chi connectivity index (χ1) is 17.4. The number of rotatable bonds is 8. The summed E-state index contributed by atoms with van der Waals surface area (Å²) in [6.07, 6.45) is 0.412. The summed E-state index contributed by atoms with van der Waals surface area (Å²) in [5, 5.41) is 11.1. The normalized spacial score (nSPS) is 16.8. The third-order valence-electron chi connectivity index (χ3n) is 6.18. The lowest BCUT2D eigenvalue weighted by atomic mass is 9.94. The number of ether oxygens (including phenoxy) is 3. The van der Waals surface area contributed by atoms with Crippen molar-refractivity contribution in [3.63, 3.8) is 0 Å². The molecule has 0 radical (unpaired) electrons. The van der Waals surface area contributed by atoms with Gasteiger partial charge in [-0.15, -0.1) is 0 Å². The zero-order chi connectivity index (χ0) is 25.8. The maximum Gasteiger partial charge on any atom is 0.295 e. The zero-order valence-corrected chi connectivity index (χ0v) is 20.2. The Bertz CT molecular complexity index is 1320. The van der Waals surface area contributed by atoms with Crippen LogP contribution in [-0.4, -0.2) is 49.6 Å². The van der Waals surface area contributed by atoms with Gasteiger partial charge in [-0.1, -0.05) is 24.3 Å². The zero-order valence-electron chi connectivity index (χ0n) is 20.2. The van der Waals surface area contributed by atoms with Gasteiger partial charge in [0.15, 0.2) is 11.5 Å². The summed E-state index contributed by atoms with van der Waals surface area (Å²) in [6.45, 7) is 0.184. The van der Waals surface area contributed by atoms with Gasteiger partial charge in [-0.3, -0.25) is 9.59 Å². The molecule has 1 fully saturated rings. The van der Waals surface area contributed by atoms with Crippen molar-refractivity contribution in [2.45, 2.75) is 12.5 Å². The Kier molecular flexibility index (Phi) is 7.24. The standard InChI is InChI=1S/C28H26FNO6/c1-34-21-7-5-4-6-20(21)25-24(26(31)18-9-11-19(29)12-10-18)27(32)28(33)30(25)15-14-17-8-13-22(35-2)23(16-17)36-3/h4-13,16,25,31H,14-15H2,1-3H3. The minimum atomic E-state index is -0.897. The maximum atomic E-state index is 13.5. The average Bonchev–Trinajstić information content (AvgIpc) is 3.16. The van der Waals surface area contributed by atoms with E-state index in [0.29, 0.717) is 29.2 Å². The molecule has 3 aromatic carbocycles. The van der Waals surface area contributed by atoms with Crippen LogP contribution in [-0.2, 0) is 16.0 Å². The van der Waals surface area contributed by atoms with E-state index in [0.717, 1.165) is 5.56 Å². The van der Waals surface area contributed by atoms with Crippen molar-refractivity contribution in [2.24, 2.45) is 0 Å². The molecule has 1 N–H and O–H groups in total. The monoisotopic (exact) mass is 491 g/mol. The molecule has 36 heavy (non-hydrogen) atoms. The summed E-state index contributed by atoms with van der Waals surface area (Å²) >= 11 is 0. The second-order valence-corrected chi connectivity index (χ2v) is 8.18. The molecule has 0 aliphatic carbocycles. The quantitative estimate of drug-likeness (QED) is 0.283. The first-order valence-corrected chi connectivity index (χ1v) is 11.3. The van der Waals surface area contributed by atoms with Crippen LogP contribution in [0.3, 0.4) is 0 Å². The number of Topliss-reactive ketones (excluding diaryl/α,β-unsaturated/α-hetero) is 1. The Morgan fingerprint density at radius 3 is 2.22 bits per heavy atom. The molecule has 7 nitrogen and oxygen atoms in total. The van der Waals surface area contributed by atoms with Crippen LogP contribution in [0.15, 0.2) is 72.3 Å². The molecule has 186 valence electrons. The predicted molar refractivity (Wildman–Crippen MR) is 132 cm³/mol. The Hall–Kier alpha value is -4.33. The fraction of sp³-hybridized carbons (Fsp3) is 0.214. The molecule has 0 bridgehead atoms. The summed E-state index contributed by atoms with van der Waals surface area (Å²) in [7, 11) is 4.58. The van der Waals surface area contributed by atoms with Gasteiger partial charge in [-0.05, 0) is 54.4 Å². The first kappa shape index (κ1) is 24.8. The van der Waals surface area contributed by atoms with Crippen LogP contribution in [0.25, 0.3) is 5.76 Å². The number of ketones is 1. The number of benzene rings is 3. The molecule has 0 aromatic heterocycles. The van der Waals surface area contributed by atoms with Crippen LogP contribution >= 0.6 is 0 Å². The van der Waals surface area contributed by atoms with E-state index in [1.54, 1.807) is 37.4 Å². The number of halogens is 1. The largest absolute Gasteiger partial charge is 0.507 e. The van der Waals surface area contributed by atoms with E-state index < -0.39 is 23.5 Å². The van der Waals surface area contributed by atoms with E-state index in [2.05, 4.69) is 0 Å². The van der Waals surface area contributed by atoms with Crippen LogP contribution in [0.5, 0.6) is 17.2 Å². The van der Waals surface area contributed by atoms with Crippen molar-refractivity contribution in [1.82, 2.24) is 4.90 Å². The molecular weight excluding hydrogens is 465 g/mol. The van der Waals surface area contributed by atoms with Crippen molar-refractivity contribution in [3.8, 4) is 17.2 Å². The van der Waals surface area contributed by atoms with Crippen LogP contribution < -0.4 is 14.2 Å². The summed E-state index contributed by atoms with van der Waals surface area (Å²) in [5.74, 6) is -0.827. The number of para-hydroxylation sites is 1. The Morgan fingerprint density at radius 1 is 0.889 bits per heavy atom. The molecule has 1 atom stereocenters. The van der Waals surface area contributed by atoms with Crippen LogP contribution in [0.2, 0.25) is 0 Å². The topological polar surface area (TPSA) is 85.3 Å². The van der Waals surface area contributed by atoms with Gasteiger partial charge in [-0.25, -0.2) is 4.39 Å². The average molecular weight is 492 g/mol. The lowest BCUT2D eigenvalue weighted by molar-refractivity contribution is -0.139. The molecule has 1 aliphatic rings. The molecule has 1 saturated heterocycles. The second kappa shape index (κ2) is 10.5. The highest BCUT2D eigenvalue weighted by Crippen LogP contribution is 2.42. The molecule has 8 heteroatoms. The molecule has 0 saturated carbocycles. The molecule has 1 unspecified atom stereocenters. The predicted octanol–water partition coefficient (Wildman–Crippen LogP) is 4.52. The number of nitrogens with zero attached hydrogens (tertiary/aromatic N) is 1. The number of likely N-dealkylation sites (tertiary alicyclic amines) is 1. The number of methoxy groups -OCH3 is 3. The number of carbonyl (C=O) groups is 2. The van der Waals surface area contributed by atoms with Crippen LogP contribution in [0.1, 0.15) is 22.7 Å². The summed E-state index contributed by atoms with van der Waals surface area (Å²) in [6, 6.07) is 16.6. The lowest BCUT2D eigenvalue weighted by Gasteiger charge is -2.26. The van der Waals surface area contributed by atoms with Crippen molar-refractivity contribution in [3.05, 3.63) is 94.8 Å². The summed E-state index contributed by atoms with van der Waals surface area (Å²) in [4.78, 5) is 27.9. The van der Waals surface area contributed by atoms with E-state index in [-0.39, 0.29) is 23.4 Å². The van der Waals surface area contributed by atoms with Gasteiger partial charge in [0.25, 0.3) is 11.7 Å². The molecular formula is C28H26FNO6. The van der Waals surface area contributed by atoms with Crippen molar-refractivity contribution in [1.29, 1.82) is 0 Å².